The van der Waals surface area contributed by atoms with Gasteiger partial charge in [0.2, 0.25) is 5.91 Å². The molecule has 2 heterocycles. The highest BCUT2D eigenvalue weighted by atomic mass is 19.4. The SMILES string of the molecule is C[C@@H]1C[C@@H](O)c2ncnc(N3CCN(C(=O)[C@H](CNCC4CC4)c4ccc(C(F)(F)F)cc4)CC3)c21. The van der Waals surface area contributed by atoms with Gasteiger partial charge in [0, 0.05) is 38.3 Å². The molecule has 194 valence electrons. The van der Waals surface area contributed by atoms with E-state index in [-0.39, 0.29) is 11.8 Å². The number of hydrogen-bond acceptors (Lipinski definition) is 6. The molecule has 1 saturated carbocycles. The predicted molar refractivity (Wildman–Crippen MR) is 129 cm³/mol. The highest BCUT2D eigenvalue weighted by Gasteiger charge is 2.36. The summed E-state index contributed by atoms with van der Waals surface area (Å²) in [5.41, 5.74) is 1.55. The molecular formula is C26H32F3N5O2. The van der Waals surface area contributed by atoms with Crippen molar-refractivity contribution < 1.29 is 23.1 Å². The zero-order valence-corrected chi connectivity index (χ0v) is 20.3. The van der Waals surface area contributed by atoms with Gasteiger partial charge in [0.25, 0.3) is 0 Å². The molecule has 7 nitrogen and oxygen atoms in total. The molecule has 1 aromatic heterocycles. The molecule has 2 aromatic rings. The Morgan fingerprint density at radius 3 is 2.47 bits per heavy atom. The number of fused-ring (bicyclic) bond motifs is 1. The summed E-state index contributed by atoms with van der Waals surface area (Å²) in [6.45, 7) is 5.45. The zero-order chi connectivity index (χ0) is 25.4. The molecular weight excluding hydrogens is 471 g/mol. The predicted octanol–water partition coefficient (Wildman–Crippen LogP) is 3.47. The zero-order valence-electron chi connectivity index (χ0n) is 20.3. The number of aromatic nitrogens is 2. The van der Waals surface area contributed by atoms with Gasteiger partial charge in [-0.05, 0) is 55.3 Å². The Hall–Kier alpha value is -2.72. The number of carbonyl (C=O) groups is 1. The number of aliphatic hydroxyl groups is 1. The molecule has 1 aromatic carbocycles. The molecule has 1 saturated heterocycles. The van der Waals surface area contributed by atoms with Crippen LogP contribution in [0.1, 0.15) is 66.5 Å². The number of alkyl halides is 3. The number of piperazine rings is 1. The van der Waals surface area contributed by atoms with E-state index in [1.54, 1.807) is 4.90 Å². The normalized spacial score (nSPS) is 23.0. The summed E-state index contributed by atoms with van der Waals surface area (Å²) in [5, 5.41) is 13.7. The van der Waals surface area contributed by atoms with E-state index in [1.807, 2.05) is 0 Å². The monoisotopic (exact) mass is 503 g/mol. The average molecular weight is 504 g/mol. The molecule has 0 unspecified atom stereocenters. The van der Waals surface area contributed by atoms with Gasteiger partial charge < -0.3 is 20.2 Å². The maximum absolute atomic E-state index is 13.6. The van der Waals surface area contributed by atoms with Crippen molar-refractivity contribution in [3.63, 3.8) is 0 Å². The molecule has 5 rings (SSSR count). The van der Waals surface area contributed by atoms with E-state index in [4.69, 9.17) is 0 Å². The topological polar surface area (TPSA) is 81.6 Å². The van der Waals surface area contributed by atoms with Gasteiger partial charge in [-0.1, -0.05) is 19.1 Å². The molecule has 0 spiro atoms. The van der Waals surface area contributed by atoms with E-state index < -0.39 is 23.8 Å². The Balaban J connectivity index is 1.28. The summed E-state index contributed by atoms with van der Waals surface area (Å²) in [7, 11) is 0. The molecule has 0 radical (unpaired) electrons. The summed E-state index contributed by atoms with van der Waals surface area (Å²) >= 11 is 0. The molecule has 0 bridgehead atoms. The number of anilines is 1. The van der Waals surface area contributed by atoms with Crippen molar-refractivity contribution in [3.05, 3.63) is 53.0 Å². The summed E-state index contributed by atoms with van der Waals surface area (Å²) in [6, 6.07) is 4.97. The maximum Gasteiger partial charge on any atom is 0.416 e. The standard InChI is InChI=1S/C26H32F3N5O2/c1-16-12-21(35)23-22(16)24(32-15-31-23)33-8-10-34(11-9-33)25(36)20(14-30-13-17-2-3-17)18-4-6-19(7-5-18)26(27,28)29/h4-7,15-17,20-21,30,35H,2-3,8-14H2,1H3/t16-,20-,21-/m1/s1. The fourth-order valence-corrected chi connectivity index (χ4v) is 5.32. The van der Waals surface area contributed by atoms with Gasteiger partial charge in [-0.2, -0.15) is 13.2 Å². The second kappa shape index (κ2) is 9.97. The minimum absolute atomic E-state index is 0.0746. The van der Waals surface area contributed by atoms with Gasteiger partial charge >= 0.3 is 6.18 Å². The third-order valence-electron chi connectivity index (χ3n) is 7.59. The minimum atomic E-state index is -4.41. The van der Waals surface area contributed by atoms with Crippen molar-refractivity contribution in [2.45, 2.75) is 50.3 Å². The van der Waals surface area contributed by atoms with E-state index in [9.17, 15) is 23.1 Å². The number of hydrogen-bond donors (Lipinski definition) is 2. The largest absolute Gasteiger partial charge is 0.416 e. The molecule has 1 aliphatic heterocycles. The van der Waals surface area contributed by atoms with Gasteiger partial charge in [0.05, 0.1) is 23.3 Å². The Bertz CT molecular complexity index is 1080. The number of carbonyl (C=O) groups excluding carboxylic acids is 1. The first-order valence-electron chi connectivity index (χ1n) is 12.7. The lowest BCUT2D eigenvalue weighted by molar-refractivity contribution is -0.137. The van der Waals surface area contributed by atoms with Crippen molar-refractivity contribution in [3.8, 4) is 0 Å². The number of aliphatic hydroxyl groups excluding tert-OH is 1. The molecule has 3 atom stereocenters. The third-order valence-corrected chi connectivity index (χ3v) is 7.59. The van der Waals surface area contributed by atoms with E-state index in [1.165, 1.54) is 31.3 Å². The van der Waals surface area contributed by atoms with Crippen LogP contribution >= 0.6 is 0 Å². The summed E-state index contributed by atoms with van der Waals surface area (Å²) in [4.78, 5) is 26.3. The van der Waals surface area contributed by atoms with Crippen LogP contribution in [-0.4, -0.2) is 65.2 Å². The lowest BCUT2D eigenvalue weighted by Gasteiger charge is -2.38. The first-order chi connectivity index (χ1) is 17.2. The van der Waals surface area contributed by atoms with Crippen molar-refractivity contribution in [1.82, 2.24) is 20.2 Å². The molecule has 10 heteroatoms. The Kier molecular flexibility index (Phi) is 6.91. The molecule has 1 amide bonds. The molecule has 36 heavy (non-hydrogen) atoms. The number of amides is 1. The van der Waals surface area contributed by atoms with Gasteiger partial charge in [-0.25, -0.2) is 9.97 Å². The van der Waals surface area contributed by atoms with Crippen LogP contribution in [0.3, 0.4) is 0 Å². The number of benzene rings is 1. The van der Waals surface area contributed by atoms with Crippen molar-refractivity contribution >= 4 is 11.7 Å². The van der Waals surface area contributed by atoms with E-state index >= 15 is 0 Å². The highest BCUT2D eigenvalue weighted by molar-refractivity contribution is 5.84. The lowest BCUT2D eigenvalue weighted by Crippen LogP contribution is -2.51. The van der Waals surface area contributed by atoms with Crippen LogP contribution < -0.4 is 10.2 Å². The first-order valence-corrected chi connectivity index (χ1v) is 12.7. The molecule has 2 N–H and O–H groups in total. The Morgan fingerprint density at radius 2 is 1.83 bits per heavy atom. The van der Waals surface area contributed by atoms with Crippen LogP contribution in [-0.2, 0) is 11.0 Å². The quantitative estimate of drug-likeness (QED) is 0.602. The van der Waals surface area contributed by atoms with Crippen molar-refractivity contribution in [1.29, 1.82) is 0 Å². The molecule has 3 aliphatic rings. The maximum atomic E-state index is 13.6. The molecule has 2 aliphatic carbocycles. The smallest absolute Gasteiger partial charge is 0.387 e. The van der Waals surface area contributed by atoms with Gasteiger partial charge in [0.15, 0.2) is 0 Å². The Labute approximate surface area is 208 Å². The fourth-order valence-electron chi connectivity index (χ4n) is 5.32. The third kappa shape index (κ3) is 5.20. The van der Waals surface area contributed by atoms with Crippen LogP contribution in [0.2, 0.25) is 0 Å². The number of halogens is 3. The van der Waals surface area contributed by atoms with Crippen molar-refractivity contribution in [2.75, 3.05) is 44.2 Å². The lowest BCUT2D eigenvalue weighted by atomic mass is 9.95. The van der Waals surface area contributed by atoms with Crippen LogP contribution in [0.4, 0.5) is 19.0 Å². The minimum Gasteiger partial charge on any atom is -0.387 e. The summed E-state index contributed by atoms with van der Waals surface area (Å²) in [5.74, 6) is 0.992. The van der Waals surface area contributed by atoms with Crippen LogP contribution in [0.15, 0.2) is 30.6 Å². The van der Waals surface area contributed by atoms with Crippen LogP contribution in [0.25, 0.3) is 0 Å². The fraction of sp³-hybridized carbons (Fsp3) is 0.577. The van der Waals surface area contributed by atoms with Gasteiger partial charge in [0.1, 0.15) is 12.1 Å². The Morgan fingerprint density at radius 1 is 1.14 bits per heavy atom. The average Bonchev–Trinajstić information content (AvgIpc) is 3.65. The van der Waals surface area contributed by atoms with E-state index in [0.717, 1.165) is 30.1 Å². The summed E-state index contributed by atoms with van der Waals surface area (Å²) in [6.07, 6.45) is -0.520. The van der Waals surface area contributed by atoms with Crippen LogP contribution in [0.5, 0.6) is 0 Å². The second-order valence-electron chi connectivity index (χ2n) is 10.2. The van der Waals surface area contributed by atoms with E-state index in [2.05, 4.69) is 27.1 Å². The number of nitrogens with one attached hydrogen (secondary N) is 1. The second-order valence-corrected chi connectivity index (χ2v) is 10.2. The number of rotatable bonds is 7. The molecule has 2 fully saturated rings. The number of nitrogens with zero attached hydrogens (tertiary/aromatic N) is 4. The van der Waals surface area contributed by atoms with Crippen LogP contribution in [0, 0.1) is 5.92 Å². The summed E-state index contributed by atoms with van der Waals surface area (Å²) < 4.78 is 39.2. The van der Waals surface area contributed by atoms with Gasteiger partial charge in [-0.15, -0.1) is 0 Å². The van der Waals surface area contributed by atoms with E-state index in [0.29, 0.717) is 56.3 Å². The van der Waals surface area contributed by atoms with Gasteiger partial charge in [-0.3, -0.25) is 4.79 Å². The highest BCUT2D eigenvalue weighted by Crippen LogP contribution is 2.43. The first kappa shape index (κ1) is 25.0. The van der Waals surface area contributed by atoms with Crippen molar-refractivity contribution in [2.24, 2.45) is 5.92 Å².